The maximum Gasteiger partial charge on any atom is 0.125 e. The van der Waals surface area contributed by atoms with Gasteiger partial charge in [-0.2, -0.15) is 5.10 Å². The molecule has 0 aliphatic rings. The predicted molar refractivity (Wildman–Crippen MR) is 102 cm³/mol. The van der Waals surface area contributed by atoms with Gasteiger partial charge < -0.3 is 11.1 Å². The highest BCUT2D eigenvalue weighted by atomic mass is 19.1. The number of aryl methyl sites for hydroxylation is 1. The summed E-state index contributed by atoms with van der Waals surface area (Å²) < 4.78 is 13.5. The molecule has 0 amide bonds. The van der Waals surface area contributed by atoms with Crippen LogP contribution in [0.1, 0.15) is 31.7 Å². The molecule has 7 heteroatoms. The number of allylic oxidation sites excluding steroid dienone is 4. The lowest BCUT2D eigenvalue weighted by atomic mass is 10.2. The van der Waals surface area contributed by atoms with Crippen LogP contribution >= 0.6 is 0 Å². The van der Waals surface area contributed by atoms with E-state index in [0.29, 0.717) is 41.5 Å². The van der Waals surface area contributed by atoms with E-state index in [2.05, 4.69) is 39.0 Å². The Morgan fingerprint density at radius 1 is 1.40 bits per heavy atom. The number of halogens is 1. The fourth-order valence-corrected chi connectivity index (χ4v) is 1.79. The maximum atomic E-state index is 13.5. The molecule has 0 aliphatic heterocycles. The fourth-order valence-electron chi connectivity index (χ4n) is 1.79. The summed E-state index contributed by atoms with van der Waals surface area (Å²) in [6, 6.07) is 0. The molecule has 0 fully saturated rings. The van der Waals surface area contributed by atoms with Crippen molar-refractivity contribution in [2.45, 2.75) is 27.2 Å². The average molecular weight is 344 g/mol. The van der Waals surface area contributed by atoms with Gasteiger partial charge in [-0.05, 0) is 38.8 Å². The highest BCUT2D eigenvalue weighted by Gasteiger charge is 2.10. The molecule has 25 heavy (non-hydrogen) atoms. The Hall–Kier alpha value is -2.96. The number of nitrogens with two attached hydrogens (primary N) is 1. The van der Waals surface area contributed by atoms with E-state index in [0.717, 1.165) is 5.69 Å². The van der Waals surface area contributed by atoms with Gasteiger partial charge in [-0.3, -0.25) is 5.43 Å². The van der Waals surface area contributed by atoms with Gasteiger partial charge in [0.25, 0.3) is 0 Å². The van der Waals surface area contributed by atoms with Gasteiger partial charge in [-0.25, -0.2) is 14.4 Å². The molecule has 6 nitrogen and oxygen atoms in total. The third-order valence-corrected chi connectivity index (χ3v) is 3.26. The predicted octanol–water partition coefficient (Wildman–Crippen LogP) is 3.43. The van der Waals surface area contributed by atoms with Gasteiger partial charge in [0.15, 0.2) is 0 Å². The van der Waals surface area contributed by atoms with Crippen LogP contribution in [0.25, 0.3) is 5.70 Å². The first-order chi connectivity index (χ1) is 11.9. The molecule has 1 heterocycles. The Bertz CT molecular complexity index is 714. The first kappa shape index (κ1) is 20.1. The van der Waals surface area contributed by atoms with Crippen molar-refractivity contribution in [1.29, 1.82) is 0 Å². The molecule has 1 aromatic heterocycles. The first-order valence-electron chi connectivity index (χ1n) is 7.82. The molecule has 134 valence electrons. The molecule has 4 N–H and O–H groups in total. The Balaban J connectivity index is 2.70. The number of amidine groups is 1. The molecule has 1 aromatic rings. The number of aromatic nitrogens is 2. The SMILES string of the molecule is C=C/C(C)=C(F)\C=C/CCNC(=C)c1ncnc(C)c1N/N=C(\C)N. The molecule has 0 saturated heterocycles. The quantitative estimate of drug-likeness (QED) is 0.210. The largest absolute Gasteiger partial charge is 0.386 e. The summed E-state index contributed by atoms with van der Waals surface area (Å²) in [5.74, 6) is 0.101. The van der Waals surface area contributed by atoms with E-state index in [4.69, 9.17) is 5.73 Å². The van der Waals surface area contributed by atoms with Crippen molar-refractivity contribution >= 4 is 17.2 Å². The van der Waals surface area contributed by atoms with Crippen molar-refractivity contribution in [3.63, 3.8) is 0 Å². The van der Waals surface area contributed by atoms with Crippen LogP contribution in [0.2, 0.25) is 0 Å². The van der Waals surface area contributed by atoms with Crippen molar-refractivity contribution in [2.75, 3.05) is 12.0 Å². The number of hydrazone groups is 1. The minimum atomic E-state index is -0.290. The molecule has 0 atom stereocenters. The third-order valence-electron chi connectivity index (χ3n) is 3.26. The molecule has 0 aliphatic carbocycles. The van der Waals surface area contributed by atoms with E-state index >= 15 is 0 Å². The highest BCUT2D eigenvalue weighted by Crippen LogP contribution is 2.21. The second-order valence-electron chi connectivity index (χ2n) is 5.38. The third kappa shape index (κ3) is 6.58. The van der Waals surface area contributed by atoms with Crippen LogP contribution in [0.4, 0.5) is 10.1 Å². The van der Waals surface area contributed by atoms with Crippen molar-refractivity contribution in [3.8, 4) is 0 Å². The van der Waals surface area contributed by atoms with E-state index in [9.17, 15) is 4.39 Å². The van der Waals surface area contributed by atoms with Gasteiger partial charge in [-0.15, -0.1) is 0 Å². The van der Waals surface area contributed by atoms with E-state index < -0.39 is 0 Å². The second kappa shape index (κ2) is 10.0. The normalized spacial score (nSPS) is 12.7. The van der Waals surface area contributed by atoms with Gasteiger partial charge in [0.05, 0.1) is 11.4 Å². The fraction of sp³-hybridized carbons (Fsp3) is 0.278. The van der Waals surface area contributed by atoms with Crippen LogP contribution in [-0.2, 0) is 0 Å². The summed E-state index contributed by atoms with van der Waals surface area (Å²) in [7, 11) is 0. The van der Waals surface area contributed by atoms with Crippen molar-refractivity contribution < 1.29 is 4.39 Å². The van der Waals surface area contributed by atoms with Gasteiger partial charge in [-0.1, -0.05) is 25.3 Å². The minimum absolute atomic E-state index is 0.290. The van der Waals surface area contributed by atoms with Crippen LogP contribution in [0.5, 0.6) is 0 Å². The Morgan fingerprint density at radius 3 is 2.76 bits per heavy atom. The van der Waals surface area contributed by atoms with E-state index in [-0.39, 0.29) is 5.83 Å². The van der Waals surface area contributed by atoms with Gasteiger partial charge in [0.2, 0.25) is 0 Å². The molecule has 1 rings (SSSR count). The summed E-state index contributed by atoms with van der Waals surface area (Å²) in [5.41, 5.74) is 11.5. The Kier molecular flexibility index (Phi) is 8.05. The highest BCUT2D eigenvalue weighted by molar-refractivity contribution is 5.79. The molecule has 0 radical (unpaired) electrons. The van der Waals surface area contributed by atoms with Gasteiger partial charge in [0.1, 0.15) is 29.4 Å². The minimum Gasteiger partial charge on any atom is -0.386 e. The number of anilines is 1. The van der Waals surface area contributed by atoms with Crippen molar-refractivity contribution in [1.82, 2.24) is 15.3 Å². The first-order valence-corrected chi connectivity index (χ1v) is 7.82. The molecular formula is C18H25FN6. The lowest BCUT2D eigenvalue weighted by Crippen LogP contribution is -2.16. The number of nitrogens with one attached hydrogen (secondary N) is 2. The number of hydrogen-bond acceptors (Lipinski definition) is 5. The molecule has 0 unspecified atom stereocenters. The van der Waals surface area contributed by atoms with Crippen molar-refractivity contribution in [3.05, 3.63) is 60.5 Å². The molecule has 0 bridgehead atoms. The summed E-state index contributed by atoms with van der Waals surface area (Å²) in [5, 5.41) is 7.14. The van der Waals surface area contributed by atoms with Crippen LogP contribution in [0.3, 0.4) is 0 Å². The molecule has 0 aromatic carbocycles. The zero-order valence-corrected chi connectivity index (χ0v) is 14.9. The molecular weight excluding hydrogens is 319 g/mol. The topological polar surface area (TPSA) is 88.2 Å². The van der Waals surface area contributed by atoms with E-state index in [1.54, 1.807) is 19.9 Å². The smallest absolute Gasteiger partial charge is 0.125 e. The Morgan fingerprint density at radius 2 is 2.12 bits per heavy atom. The second-order valence-corrected chi connectivity index (χ2v) is 5.38. The van der Waals surface area contributed by atoms with E-state index in [1.807, 2.05) is 6.92 Å². The van der Waals surface area contributed by atoms with E-state index in [1.165, 1.54) is 18.5 Å². The lowest BCUT2D eigenvalue weighted by Gasteiger charge is -2.13. The summed E-state index contributed by atoms with van der Waals surface area (Å²) in [6.07, 6.45) is 6.75. The summed E-state index contributed by atoms with van der Waals surface area (Å²) >= 11 is 0. The number of rotatable bonds is 9. The lowest BCUT2D eigenvalue weighted by molar-refractivity contribution is 0.657. The number of hydrogen-bond donors (Lipinski definition) is 3. The number of nitrogens with zero attached hydrogens (tertiary/aromatic N) is 3. The van der Waals surface area contributed by atoms with Crippen LogP contribution < -0.4 is 16.5 Å². The standard InChI is InChI=1S/C18H25FN6/c1-6-12(2)16(19)9-7-8-10-21-13(3)17-18(25-24-15(5)20)14(4)22-11-23-17/h6-7,9,11,21,25H,1,3,8,10H2,2,4-5H3,(H2,20,24)/b9-7-,16-12+. The summed E-state index contributed by atoms with van der Waals surface area (Å²) in [6.45, 7) is 13.3. The molecule has 0 spiro atoms. The van der Waals surface area contributed by atoms with Crippen LogP contribution in [0, 0.1) is 6.92 Å². The molecule has 0 saturated carbocycles. The zero-order valence-electron chi connectivity index (χ0n) is 14.9. The monoisotopic (exact) mass is 344 g/mol. The van der Waals surface area contributed by atoms with Gasteiger partial charge in [0, 0.05) is 6.54 Å². The maximum absolute atomic E-state index is 13.5. The van der Waals surface area contributed by atoms with Crippen LogP contribution in [0.15, 0.2) is 54.2 Å². The summed E-state index contributed by atoms with van der Waals surface area (Å²) in [4.78, 5) is 8.37. The average Bonchev–Trinajstić information content (AvgIpc) is 2.58. The van der Waals surface area contributed by atoms with Crippen molar-refractivity contribution in [2.24, 2.45) is 10.8 Å². The van der Waals surface area contributed by atoms with Gasteiger partial charge >= 0.3 is 0 Å². The van der Waals surface area contributed by atoms with Crippen LogP contribution in [-0.4, -0.2) is 22.3 Å². The zero-order chi connectivity index (χ0) is 18.8. The Labute approximate surface area is 148 Å².